The molecule has 1 unspecified atom stereocenters. The van der Waals surface area contributed by atoms with Crippen molar-refractivity contribution in [2.75, 3.05) is 19.7 Å². The van der Waals surface area contributed by atoms with Gasteiger partial charge in [0.05, 0.1) is 6.61 Å². The van der Waals surface area contributed by atoms with Crippen LogP contribution in [0.2, 0.25) is 0 Å². The molecule has 1 aliphatic heterocycles. The fourth-order valence-corrected chi connectivity index (χ4v) is 1.41. The van der Waals surface area contributed by atoms with Gasteiger partial charge in [0.1, 0.15) is 0 Å². The summed E-state index contributed by atoms with van der Waals surface area (Å²) in [6.45, 7) is 6.42. The van der Waals surface area contributed by atoms with E-state index in [0.29, 0.717) is 12.5 Å². The van der Waals surface area contributed by atoms with E-state index in [1.54, 1.807) is 0 Å². The minimum Gasteiger partial charge on any atom is -0.316 e. The van der Waals surface area contributed by atoms with Crippen molar-refractivity contribution < 1.29 is 9.63 Å². The second-order valence-corrected chi connectivity index (χ2v) is 4.14. The van der Waals surface area contributed by atoms with Crippen LogP contribution in [-0.2, 0) is 9.63 Å². The molecular formula is C10H20N2O2. The zero-order valence-corrected chi connectivity index (χ0v) is 9.01. The summed E-state index contributed by atoms with van der Waals surface area (Å²) in [5, 5.41) is 3.30. The molecule has 1 aliphatic rings. The number of hydrogen-bond acceptors (Lipinski definition) is 3. The highest BCUT2D eigenvalue weighted by Gasteiger charge is 2.14. The fourth-order valence-electron chi connectivity index (χ4n) is 1.41. The van der Waals surface area contributed by atoms with E-state index in [4.69, 9.17) is 4.84 Å². The standard InChI is InChI=1S/C10H20N2O2/c1-8(2)10(13)12-14-7-9-4-3-5-11-6-9/h8-9,11H,3-7H2,1-2H3,(H,12,13). The monoisotopic (exact) mass is 200 g/mol. The maximum Gasteiger partial charge on any atom is 0.246 e. The van der Waals surface area contributed by atoms with Crippen LogP contribution in [0, 0.1) is 11.8 Å². The van der Waals surface area contributed by atoms with Crippen molar-refractivity contribution in [1.29, 1.82) is 0 Å². The van der Waals surface area contributed by atoms with Crippen LogP contribution in [0.15, 0.2) is 0 Å². The van der Waals surface area contributed by atoms with Gasteiger partial charge in [0.25, 0.3) is 0 Å². The Morgan fingerprint density at radius 1 is 1.64 bits per heavy atom. The van der Waals surface area contributed by atoms with Crippen molar-refractivity contribution in [3.63, 3.8) is 0 Å². The molecule has 82 valence electrons. The summed E-state index contributed by atoms with van der Waals surface area (Å²) in [6.07, 6.45) is 2.39. The Labute approximate surface area is 85.3 Å². The minimum absolute atomic E-state index is 0.0144. The molecule has 1 heterocycles. The highest BCUT2D eigenvalue weighted by atomic mass is 16.7. The van der Waals surface area contributed by atoms with E-state index in [9.17, 15) is 4.79 Å². The molecule has 0 aliphatic carbocycles. The average Bonchev–Trinajstić information content (AvgIpc) is 2.19. The maximum absolute atomic E-state index is 11.1. The van der Waals surface area contributed by atoms with Gasteiger partial charge in [-0.2, -0.15) is 0 Å². The molecule has 0 spiro atoms. The Balaban J connectivity index is 2.05. The Morgan fingerprint density at radius 3 is 3.00 bits per heavy atom. The molecule has 1 atom stereocenters. The number of nitrogens with one attached hydrogen (secondary N) is 2. The maximum atomic E-state index is 11.1. The quantitative estimate of drug-likeness (QED) is 0.656. The number of carbonyl (C=O) groups is 1. The predicted octanol–water partition coefficient (Wildman–Crippen LogP) is 0.690. The topological polar surface area (TPSA) is 50.4 Å². The third-order valence-corrected chi connectivity index (χ3v) is 2.42. The number of rotatable bonds is 4. The van der Waals surface area contributed by atoms with Crippen LogP contribution in [0.1, 0.15) is 26.7 Å². The molecule has 0 aromatic rings. The Kier molecular flexibility index (Phi) is 4.90. The molecule has 0 saturated carbocycles. The van der Waals surface area contributed by atoms with E-state index in [1.807, 2.05) is 13.8 Å². The van der Waals surface area contributed by atoms with Gasteiger partial charge in [-0.25, -0.2) is 5.48 Å². The summed E-state index contributed by atoms with van der Waals surface area (Å²) in [5.41, 5.74) is 2.46. The zero-order valence-electron chi connectivity index (χ0n) is 9.01. The molecule has 1 saturated heterocycles. The first-order chi connectivity index (χ1) is 6.70. The van der Waals surface area contributed by atoms with E-state index in [1.165, 1.54) is 12.8 Å². The molecule has 4 nitrogen and oxygen atoms in total. The number of amides is 1. The summed E-state index contributed by atoms with van der Waals surface area (Å²) in [7, 11) is 0. The van der Waals surface area contributed by atoms with Crippen molar-refractivity contribution in [3.8, 4) is 0 Å². The van der Waals surface area contributed by atoms with Gasteiger partial charge in [-0.15, -0.1) is 0 Å². The molecule has 2 N–H and O–H groups in total. The molecule has 1 fully saturated rings. The molecule has 0 aromatic heterocycles. The first-order valence-electron chi connectivity index (χ1n) is 5.32. The van der Waals surface area contributed by atoms with Crippen LogP contribution >= 0.6 is 0 Å². The lowest BCUT2D eigenvalue weighted by Gasteiger charge is -2.22. The molecule has 4 heteroatoms. The number of hydroxylamine groups is 1. The largest absolute Gasteiger partial charge is 0.316 e. The summed E-state index contributed by atoms with van der Waals surface area (Å²) < 4.78 is 0. The smallest absolute Gasteiger partial charge is 0.246 e. The van der Waals surface area contributed by atoms with Crippen molar-refractivity contribution in [2.24, 2.45) is 11.8 Å². The molecule has 14 heavy (non-hydrogen) atoms. The van der Waals surface area contributed by atoms with Crippen LogP contribution < -0.4 is 10.8 Å². The van der Waals surface area contributed by atoms with E-state index >= 15 is 0 Å². The van der Waals surface area contributed by atoms with E-state index in [0.717, 1.165) is 13.1 Å². The normalized spacial score (nSPS) is 22.4. The number of piperidine rings is 1. The summed E-state index contributed by atoms with van der Waals surface area (Å²) >= 11 is 0. The molecule has 0 aromatic carbocycles. The third-order valence-electron chi connectivity index (χ3n) is 2.42. The van der Waals surface area contributed by atoms with E-state index in [-0.39, 0.29) is 11.8 Å². The van der Waals surface area contributed by atoms with Gasteiger partial charge in [-0.3, -0.25) is 9.63 Å². The van der Waals surface area contributed by atoms with Gasteiger partial charge in [0.15, 0.2) is 0 Å². The lowest BCUT2D eigenvalue weighted by atomic mass is 10.0. The number of hydrogen-bond donors (Lipinski definition) is 2. The average molecular weight is 200 g/mol. The van der Waals surface area contributed by atoms with Gasteiger partial charge in [0, 0.05) is 12.5 Å². The second-order valence-electron chi connectivity index (χ2n) is 4.14. The molecule has 0 bridgehead atoms. The van der Waals surface area contributed by atoms with Crippen molar-refractivity contribution in [2.45, 2.75) is 26.7 Å². The fraction of sp³-hybridized carbons (Fsp3) is 0.900. The highest BCUT2D eigenvalue weighted by molar-refractivity contribution is 5.76. The zero-order chi connectivity index (χ0) is 10.4. The van der Waals surface area contributed by atoms with Crippen molar-refractivity contribution >= 4 is 5.91 Å². The van der Waals surface area contributed by atoms with Crippen molar-refractivity contribution in [3.05, 3.63) is 0 Å². The van der Waals surface area contributed by atoms with Gasteiger partial charge in [0.2, 0.25) is 5.91 Å². The first kappa shape index (κ1) is 11.5. The predicted molar refractivity (Wildman–Crippen MR) is 54.5 cm³/mol. The van der Waals surface area contributed by atoms with Gasteiger partial charge < -0.3 is 5.32 Å². The van der Waals surface area contributed by atoms with E-state index in [2.05, 4.69) is 10.8 Å². The first-order valence-corrected chi connectivity index (χ1v) is 5.32. The Morgan fingerprint density at radius 2 is 2.43 bits per heavy atom. The second kappa shape index (κ2) is 5.98. The van der Waals surface area contributed by atoms with Gasteiger partial charge >= 0.3 is 0 Å². The summed E-state index contributed by atoms with van der Waals surface area (Å²) in [6, 6.07) is 0. The molecule has 1 amide bonds. The van der Waals surface area contributed by atoms with E-state index < -0.39 is 0 Å². The molecule has 0 radical (unpaired) electrons. The Bertz CT molecular complexity index is 177. The van der Waals surface area contributed by atoms with Gasteiger partial charge in [-0.05, 0) is 25.3 Å². The van der Waals surface area contributed by atoms with Crippen LogP contribution in [-0.4, -0.2) is 25.6 Å². The lowest BCUT2D eigenvalue weighted by molar-refractivity contribution is -0.138. The summed E-state index contributed by atoms with van der Waals surface area (Å²) in [5.74, 6) is 0.476. The van der Waals surface area contributed by atoms with Crippen LogP contribution in [0.25, 0.3) is 0 Å². The molecular weight excluding hydrogens is 180 g/mol. The Hall–Kier alpha value is -0.610. The number of carbonyl (C=O) groups excluding carboxylic acids is 1. The minimum atomic E-state index is -0.0474. The summed E-state index contributed by atoms with van der Waals surface area (Å²) in [4.78, 5) is 16.3. The molecule has 1 rings (SSSR count). The van der Waals surface area contributed by atoms with Crippen LogP contribution in [0.3, 0.4) is 0 Å². The SMILES string of the molecule is CC(C)C(=O)NOCC1CCCNC1. The van der Waals surface area contributed by atoms with Crippen LogP contribution in [0.5, 0.6) is 0 Å². The van der Waals surface area contributed by atoms with Gasteiger partial charge in [-0.1, -0.05) is 13.8 Å². The third kappa shape index (κ3) is 4.07. The van der Waals surface area contributed by atoms with Crippen LogP contribution in [0.4, 0.5) is 0 Å². The lowest BCUT2D eigenvalue weighted by Crippen LogP contribution is -2.36. The van der Waals surface area contributed by atoms with Crippen molar-refractivity contribution in [1.82, 2.24) is 10.8 Å². The highest BCUT2D eigenvalue weighted by Crippen LogP contribution is 2.09.